The summed E-state index contributed by atoms with van der Waals surface area (Å²) in [7, 11) is 1.69. The minimum absolute atomic E-state index is 0.638. The number of rotatable bonds is 8. The van der Waals surface area contributed by atoms with Gasteiger partial charge in [0.25, 0.3) is 0 Å². The lowest BCUT2D eigenvalue weighted by atomic mass is 10.1. The lowest BCUT2D eigenvalue weighted by molar-refractivity contribution is 0.203. The number of aliphatic imine (C=N–C) groups is 1. The van der Waals surface area contributed by atoms with Crippen LogP contribution in [-0.2, 0) is 17.8 Å². The molecule has 0 aliphatic rings. The summed E-state index contributed by atoms with van der Waals surface area (Å²) in [5, 5.41) is 6.49. The first-order valence-corrected chi connectivity index (χ1v) is 8.29. The third-order valence-electron chi connectivity index (χ3n) is 3.63. The molecule has 1 aromatic carbocycles. The summed E-state index contributed by atoms with van der Waals surface area (Å²) in [5.74, 6) is 1.83. The molecule has 0 aliphatic carbocycles. The van der Waals surface area contributed by atoms with E-state index in [9.17, 15) is 0 Å². The predicted octanol–water partition coefficient (Wildman–Crippen LogP) is 1.94. The molecule has 2 N–H and O–H groups in total. The molecule has 2 rings (SSSR count). The molecular formula is C18H27N5O. The Balaban J connectivity index is 1.99. The number of nitrogens with one attached hydrogen (secondary N) is 2. The number of imidazole rings is 1. The molecule has 0 atom stereocenters. The first-order valence-electron chi connectivity index (χ1n) is 8.29. The van der Waals surface area contributed by atoms with Crippen LogP contribution in [0, 0.1) is 6.92 Å². The van der Waals surface area contributed by atoms with Gasteiger partial charge in [-0.2, -0.15) is 0 Å². The van der Waals surface area contributed by atoms with Gasteiger partial charge in [0.1, 0.15) is 5.82 Å². The number of ether oxygens (including phenoxy) is 1. The van der Waals surface area contributed by atoms with Crippen molar-refractivity contribution in [3.05, 3.63) is 53.6 Å². The summed E-state index contributed by atoms with van der Waals surface area (Å²) in [6.07, 6.45) is 3.83. The highest BCUT2D eigenvalue weighted by molar-refractivity contribution is 5.79. The highest BCUT2D eigenvalue weighted by atomic mass is 16.5. The second-order valence-corrected chi connectivity index (χ2v) is 5.54. The van der Waals surface area contributed by atoms with Crippen molar-refractivity contribution in [3.63, 3.8) is 0 Å². The molecule has 1 heterocycles. The third kappa shape index (κ3) is 5.70. The molecule has 0 radical (unpaired) electrons. The van der Waals surface area contributed by atoms with Crippen molar-refractivity contribution in [2.45, 2.75) is 26.9 Å². The zero-order valence-electron chi connectivity index (χ0n) is 14.7. The Bertz CT molecular complexity index is 650. The van der Waals surface area contributed by atoms with Crippen LogP contribution >= 0.6 is 0 Å². The fourth-order valence-corrected chi connectivity index (χ4v) is 2.38. The van der Waals surface area contributed by atoms with E-state index in [0.717, 1.165) is 31.4 Å². The summed E-state index contributed by atoms with van der Waals surface area (Å²) < 4.78 is 7.19. The zero-order chi connectivity index (χ0) is 17.2. The van der Waals surface area contributed by atoms with Crippen LogP contribution in [0.25, 0.3) is 0 Å². The largest absolute Gasteiger partial charge is 0.383 e. The van der Waals surface area contributed by atoms with Crippen molar-refractivity contribution in [1.29, 1.82) is 0 Å². The maximum Gasteiger partial charge on any atom is 0.191 e. The summed E-state index contributed by atoms with van der Waals surface area (Å²) in [5.41, 5.74) is 2.44. The lowest BCUT2D eigenvalue weighted by Gasteiger charge is -2.11. The Kier molecular flexibility index (Phi) is 7.29. The average Bonchev–Trinajstić information content (AvgIpc) is 2.98. The molecule has 130 valence electrons. The Morgan fingerprint density at radius 3 is 2.83 bits per heavy atom. The van der Waals surface area contributed by atoms with Crippen molar-refractivity contribution in [3.8, 4) is 0 Å². The van der Waals surface area contributed by atoms with E-state index in [4.69, 9.17) is 4.74 Å². The maximum atomic E-state index is 5.06. The fourth-order valence-electron chi connectivity index (χ4n) is 2.38. The quantitative estimate of drug-likeness (QED) is 0.441. The van der Waals surface area contributed by atoms with Gasteiger partial charge in [-0.1, -0.05) is 24.3 Å². The number of nitrogens with zero attached hydrogens (tertiary/aromatic N) is 3. The normalized spacial score (nSPS) is 11.5. The van der Waals surface area contributed by atoms with Crippen LogP contribution in [0.2, 0.25) is 0 Å². The molecule has 6 nitrogen and oxygen atoms in total. The summed E-state index contributed by atoms with van der Waals surface area (Å²) in [4.78, 5) is 8.90. The SMILES string of the molecule is CCNC(=NCc1cccc(Cn2ccnc2C)c1)NCCOC. The molecule has 0 spiro atoms. The van der Waals surface area contributed by atoms with Gasteiger partial charge in [-0.25, -0.2) is 9.98 Å². The second-order valence-electron chi connectivity index (χ2n) is 5.54. The number of aryl methyl sites for hydroxylation is 1. The Hall–Kier alpha value is -2.34. The molecule has 1 aromatic heterocycles. The van der Waals surface area contributed by atoms with Crippen LogP contribution in [-0.4, -0.2) is 42.3 Å². The second kappa shape index (κ2) is 9.72. The van der Waals surface area contributed by atoms with Crippen molar-refractivity contribution >= 4 is 5.96 Å². The average molecular weight is 329 g/mol. The van der Waals surface area contributed by atoms with E-state index in [-0.39, 0.29) is 0 Å². The molecule has 0 bridgehead atoms. The van der Waals surface area contributed by atoms with E-state index >= 15 is 0 Å². The molecule has 0 amide bonds. The highest BCUT2D eigenvalue weighted by Crippen LogP contribution is 2.09. The van der Waals surface area contributed by atoms with Crippen molar-refractivity contribution in [2.24, 2.45) is 4.99 Å². The summed E-state index contributed by atoms with van der Waals surface area (Å²) >= 11 is 0. The first kappa shape index (κ1) is 18.0. The van der Waals surface area contributed by atoms with Crippen molar-refractivity contribution in [1.82, 2.24) is 20.2 Å². The number of hydrogen-bond donors (Lipinski definition) is 2. The van der Waals surface area contributed by atoms with Crippen molar-refractivity contribution in [2.75, 3.05) is 26.8 Å². The number of benzene rings is 1. The van der Waals surface area contributed by atoms with Crippen LogP contribution in [0.1, 0.15) is 23.9 Å². The van der Waals surface area contributed by atoms with E-state index in [0.29, 0.717) is 13.2 Å². The lowest BCUT2D eigenvalue weighted by Crippen LogP contribution is -2.38. The van der Waals surface area contributed by atoms with Gasteiger partial charge in [-0.15, -0.1) is 0 Å². The van der Waals surface area contributed by atoms with Gasteiger partial charge in [0.15, 0.2) is 5.96 Å². The van der Waals surface area contributed by atoms with Crippen LogP contribution in [0.4, 0.5) is 0 Å². The standard InChI is InChI=1S/C18H27N5O/c1-4-19-18(21-9-11-24-3)22-13-16-6-5-7-17(12-16)14-23-10-8-20-15(23)2/h5-8,10,12H,4,9,11,13-14H2,1-3H3,(H2,19,21,22). The third-order valence-corrected chi connectivity index (χ3v) is 3.63. The molecule has 0 saturated heterocycles. The molecule has 0 aliphatic heterocycles. The van der Waals surface area contributed by atoms with Crippen LogP contribution < -0.4 is 10.6 Å². The van der Waals surface area contributed by atoms with E-state index in [1.54, 1.807) is 7.11 Å². The molecular weight excluding hydrogens is 302 g/mol. The van der Waals surface area contributed by atoms with Gasteiger partial charge in [0.2, 0.25) is 0 Å². The topological polar surface area (TPSA) is 63.5 Å². The smallest absolute Gasteiger partial charge is 0.191 e. The van der Waals surface area contributed by atoms with E-state index in [1.807, 2.05) is 19.3 Å². The summed E-state index contributed by atoms with van der Waals surface area (Å²) in [6.45, 7) is 7.77. The minimum Gasteiger partial charge on any atom is -0.383 e. The molecule has 0 unspecified atom stereocenters. The fraction of sp³-hybridized carbons (Fsp3) is 0.444. The Morgan fingerprint density at radius 1 is 1.29 bits per heavy atom. The van der Waals surface area contributed by atoms with Gasteiger partial charge < -0.3 is 19.9 Å². The molecule has 0 saturated carbocycles. The monoisotopic (exact) mass is 329 g/mol. The van der Waals surface area contributed by atoms with Crippen LogP contribution in [0.5, 0.6) is 0 Å². The zero-order valence-corrected chi connectivity index (χ0v) is 14.7. The molecule has 6 heteroatoms. The minimum atomic E-state index is 0.638. The number of guanidine groups is 1. The van der Waals surface area contributed by atoms with Gasteiger partial charge in [-0.05, 0) is 25.0 Å². The maximum absolute atomic E-state index is 5.06. The Labute approximate surface area is 144 Å². The van der Waals surface area contributed by atoms with Gasteiger partial charge >= 0.3 is 0 Å². The van der Waals surface area contributed by atoms with Gasteiger partial charge in [0.05, 0.1) is 13.2 Å². The van der Waals surface area contributed by atoms with E-state index in [1.165, 1.54) is 11.1 Å². The van der Waals surface area contributed by atoms with Gasteiger partial charge in [0, 0.05) is 39.1 Å². The summed E-state index contributed by atoms with van der Waals surface area (Å²) in [6, 6.07) is 8.51. The number of aromatic nitrogens is 2. The number of methoxy groups -OCH3 is 1. The van der Waals surface area contributed by atoms with Crippen LogP contribution in [0.3, 0.4) is 0 Å². The van der Waals surface area contributed by atoms with Crippen LogP contribution in [0.15, 0.2) is 41.7 Å². The van der Waals surface area contributed by atoms with E-state index in [2.05, 4.69) is 56.4 Å². The molecule has 24 heavy (non-hydrogen) atoms. The van der Waals surface area contributed by atoms with Crippen molar-refractivity contribution < 1.29 is 4.74 Å². The van der Waals surface area contributed by atoms with Gasteiger partial charge in [-0.3, -0.25) is 0 Å². The first-order chi connectivity index (χ1) is 11.7. The Morgan fingerprint density at radius 2 is 2.12 bits per heavy atom. The predicted molar refractivity (Wildman–Crippen MR) is 97.2 cm³/mol. The van der Waals surface area contributed by atoms with E-state index < -0.39 is 0 Å². The molecule has 2 aromatic rings. The number of hydrogen-bond acceptors (Lipinski definition) is 3. The highest BCUT2D eigenvalue weighted by Gasteiger charge is 2.01. The molecule has 0 fully saturated rings.